The van der Waals surface area contributed by atoms with Gasteiger partial charge in [-0.3, -0.25) is 9.59 Å². The largest absolute Gasteiger partial charge is 0.356 e. The van der Waals surface area contributed by atoms with Crippen molar-refractivity contribution in [1.29, 1.82) is 0 Å². The molecular weight excluding hydrogens is 346 g/mol. The number of hydrogen-bond donors (Lipinski definition) is 2. The summed E-state index contributed by atoms with van der Waals surface area (Å²) in [6.07, 6.45) is 7.72. The van der Waals surface area contributed by atoms with E-state index in [-0.39, 0.29) is 11.8 Å². The first-order chi connectivity index (χ1) is 12.6. The molecule has 0 spiro atoms. The number of anilines is 1. The first kappa shape index (κ1) is 18.3. The van der Waals surface area contributed by atoms with Crippen LogP contribution in [0.2, 0.25) is 0 Å². The summed E-state index contributed by atoms with van der Waals surface area (Å²) in [6.45, 7) is 2.16. The van der Waals surface area contributed by atoms with Crippen LogP contribution < -0.4 is 10.6 Å². The summed E-state index contributed by atoms with van der Waals surface area (Å²) < 4.78 is 0. The Morgan fingerprint density at radius 2 is 2.08 bits per heavy atom. The first-order valence-corrected chi connectivity index (χ1v) is 9.74. The minimum absolute atomic E-state index is 0.0115. The normalized spacial score (nSPS) is 15.8. The third kappa shape index (κ3) is 5.26. The number of allylic oxidation sites excluding steroid dienone is 2. The van der Waals surface area contributed by atoms with E-state index in [9.17, 15) is 9.59 Å². The standard InChI is InChI=1S/C20H23N3O2S/c1-14(24)21-11-10-15-6-8-17(9-7-15)18-13-26-20(22-18)23-19(25)12-16-4-2-3-5-16/h2,4,6-9,13,16H,3,5,10-12H2,1H3,(H,21,24)(H,22,23,25)/t16-/m0/s1. The summed E-state index contributed by atoms with van der Waals surface area (Å²) in [5.74, 6) is 0.373. The van der Waals surface area contributed by atoms with Crippen molar-refractivity contribution >= 4 is 28.3 Å². The third-order valence-electron chi connectivity index (χ3n) is 4.35. The lowest BCUT2D eigenvalue weighted by molar-refractivity contribution is -0.119. The maximum absolute atomic E-state index is 12.1. The molecular formula is C20H23N3O2S. The maximum Gasteiger partial charge on any atom is 0.226 e. The quantitative estimate of drug-likeness (QED) is 0.730. The molecule has 0 bridgehead atoms. The van der Waals surface area contributed by atoms with E-state index in [1.165, 1.54) is 18.3 Å². The molecule has 1 aromatic heterocycles. The van der Waals surface area contributed by atoms with Crippen LogP contribution >= 0.6 is 11.3 Å². The second-order valence-electron chi connectivity index (χ2n) is 6.49. The van der Waals surface area contributed by atoms with Gasteiger partial charge >= 0.3 is 0 Å². The number of nitrogens with zero attached hydrogens (tertiary/aromatic N) is 1. The predicted octanol–water partition coefficient (Wildman–Crippen LogP) is 3.78. The molecule has 26 heavy (non-hydrogen) atoms. The van der Waals surface area contributed by atoms with Crippen LogP contribution in [0.1, 0.15) is 31.7 Å². The SMILES string of the molecule is CC(=O)NCCc1ccc(-c2csc(NC(=O)C[C@H]3C=CCC3)n2)cc1. The van der Waals surface area contributed by atoms with E-state index in [1.54, 1.807) is 0 Å². The van der Waals surface area contributed by atoms with Gasteiger partial charge in [0.2, 0.25) is 11.8 Å². The Morgan fingerprint density at radius 1 is 1.27 bits per heavy atom. The summed E-state index contributed by atoms with van der Waals surface area (Å²) >= 11 is 1.44. The van der Waals surface area contributed by atoms with E-state index in [2.05, 4.69) is 27.8 Å². The molecule has 2 N–H and O–H groups in total. The highest BCUT2D eigenvalue weighted by atomic mass is 32.1. The Morgan fingerprint density at radius 3 is 2.77 bits per heavy atom. The zero-order chi connectivity index (χ0) is 18.4. The van der Waals surface area contributed by atoms with Crippen molar-refractivity contribution in [1.82, 2.24) is 10.3 Å². The van der Waals surface area contributed by atoms with Crippen LogP contribution in [-0.4, -0.2) is 23.3 Å². The lowest BCUT2D eigenvalue weighted by atomic mass is 10.1. The van der Waals surface area contributed by atoms with Crippen LogP contribution in [0.25, 0.3) is 11.3 Å². The fourth-order valence-corrected chi connectivity index (χ4v) is 3.70. The third-order valence-corrected chi connectivity index (χ3v) is 5.11. The zero-order valence-electron chi connectivity index (χ0n) is 14.8. The monoisotopic (exact) mass is 369 g/mol. The maximum atomic E-state index is 12.1. The minimum atomic E-state index is -0.0115. The number of hydrogen-bond acceptors (Lipinski definition) is 4. The number of thiazole rings is 1. The van der Waals surface area contributed by atoms with Crippen molar-refractivity contribution in [2.45, 2.75) is 32.6 Å². The van der Waals surface area contributed by atoms with Gasteiger partial charge in [0.15, 0.2) is 5.13 Å². The molecule has 0 aliphatic heterocycles. The molecule has 0 unspecified atom stereocenters. The van der Waals surface area contributed by atoms with E-state index in [4.69, 9.17) is 0 Å². The summed E-state index contributed by atoms with van der Waals surface area (Å²) in [5.41, 5.74) is 3.04. The number of aromatic nitrogens is 1. The number of benzene rings is 1. The molecule has 1 aromatic carbocycles. The molecule has 1 atom stereocenters. The Hall–Kier alpha value is -2.47. The highest BCUT2D eigenvalue weighted by Gasteiger charge is 2.15. The van der Waals surface area contributed by atoms with Crippen LogP contribution in [0, 0.1) is 5.92 Å². The number of rotatable bonds is 7. The Balaban J connectivity index is 1.54. The van der Waals surface area contributed by atoms with Crippen molar-refractivity contribution < 1.29 is 9.59 Å². The van der Waals surface area contributed by atoms with Gasteiger partial charge in [0, 0.05) is 30.8 Å². The van der Waals surface area contributed by atoms with Gasteiger partial charge in [-0.25, -0.2) is 4.98 Å². The van der Waals surface area contributed by atoms with Crippen LogP contribution in [-0.2, 0) is 16.0 Å². The summed E-state index contributed by atoms with van der Waals surface area (Å²) in [6, 6.07) is 8.13. The fourth-order valence-electron chi connectivity index (χ4n) is 2.96. The van der Waals surface area contributed by atoms with E-state index in [0.717, 1.165) is 36.1 Å². The molecule has 1 heterocycles. The van der Waals surface area contributed by atoms with Crippen LogP contribution in [0.15, 0.2) is 41.8 Å². The number of nitrogens with one attached hydrogen (secondary N) is 2. The molecule has 2 amide bonds. The molecule has 1 aliphatic carbocycles. The van der Waals surface area contributed by atoms with E-state index >= 15 is 0 Å². The van der Waals surface area contributed by atoms with Crippen LogP contribution in [0.3, 0.4) is 0 Å². The van der Waals surface area contributed by atoms with Crippen molar-refractivity contribution in [3.63, 3.8) is 0 Å². The number of amides is 2. The minimum Gasteiger partial charge on any atom is -0.356 e. The van der Waals surface area contributed by atoms with Gasteiger partial charge in [-0.2, -0.15) is 0 Å². The lowest BCUT2D eigenvalue weighted by Gasteiger charge is -2.06. The second kappa shape index (κ2) is 8.76. The molecule has 0 fully saturated rings. The molecule has 0 saturated heterocycles. The average Bonchev–Trinajstić information content (AvgIpc) is 3.27. The first-order valence-electron chi connectivity index (χ1n) is 8.86. The van der Waals surface area contributed by atoms with Gasteiger partial charge in [-0.1, -0.05) is 36.4 Å². The highest BCUT2D eigenvalue weighted by Crippen LogP contribution is 2.26. The fraction of sp³-hybridized carbons (Fsp3) is 0.350. The molecule has 2 aromatic rings. The number of carbonyl (C=O) groups is 2. The van der Waals surface area contributed by atoms with Crippen molar-refractivity contribution in [3.05, 3.63) is 47.4 Å². The Labute approximate surface area is 157 Å². The summed E-state index contributed by atoms with van der Waals surface area (Å²) in [5, 5.41) is 8.29. The second-order valence-corrected chi connectivity index (χ2v) is 7.34. The van der Waals surface area contributed by atoms with E-state index in [0.29, 0.717) is 24.0 Å². The van der Waals surface area contributed by atoms with Crippen molar-refractivity contribution in [2.75, 3.05) is 11.9 Å². The highest BCUT2D eigenvalue weighted by molar-refractivity contribution is 7.14. The molecule has 1 aliphatic rings. The van der Waals surface area contributed by atoms with Gasteiger partial charge in [-0.15, -0.1) is 11.3 Å². The smallest absolute Gasteiger partial charge is 0.226 e. The zero-order valence-corrected chi connectivity index (χ0v) is 15.6. The molecule has 136 valence electrons. The number of carbonyl (C=O) groups excluding carboxylic acids is 2. The van der Waals surface area contributed by atoms with Gasteiger partial charge in [0.25, 0.3) is 0 Å². The van der Waals surface area contributed by atoms with E-state index in [1.807, 2.05) is 29.6 Å². The molecule has 5 nitrogen and oxygen atoms in total. The molecule has 0 saturated carbocycles. The van der Waals surface area contributed by atoms with Crippen molar-refractivity contribution in [3.8, 4) is 11.3 Å². The van der Waals surface area contributed by atoms with Crippen LogP contribution in [0.4, 0.5) is 5.13 Å². The van der Waals surface area contributed by atoms with Gasteiger partial charge in [-0.05, 0) is 30.7 Å². The van der Waals surface area contributed by atoms with E-state index < -0.39 is 0 Å². The van der Waals surface area contributed by atoms with Gasteiger partial charge in [0.05, 0.1) is 5.69 Å². The average molecular weight is 369 g/mol. The molecule has 3 rings (SSSR count). The van der Waals surface area contributed by atoms with Gasteiger partial charge < -0.3 is 10.6 Å². The Bertz CT molecular complexity index is 796. The van der Waals surface area contributed by atoms with Crippen LogP contribution in [0.5, 0.6) is 0 Å². The summed E-state index contributed by atoms with van der Waals surface area (Å²) in [4.78, 5) is 27.5. The molecule has 0 radical (unpaired) electrons. The molecule has 6 heteroatoms. The summed E-state index contributed by atoms with van der Waals surface area (Å²) in [7, 11) is 0. The van der Waals surface area contributed by atoms with Gasteiger partial charge in [0.1, 0.15) is 0 Å². The predicted molar refractivity (Wildman–Crippen MR) is 105 cm³/mol. The Kier molecular flexibility index (Phi) is 6.17. The van der Waals surface area contributed by atoms with Crippen molar-refractivity contribution in [2.24, 2.45) is 5.92 Å². The topological polar surface area (TPSA) is 71.1 Å². The lowest BCUT2D eigenvalue weighted by Crippen LogP contribution is -2.22.